The maximum Gasteiger partial charge on any atom is 0.147 e. The van der Waals surface area contributed by atoms with Crippen molar-refractivity contribution < 1.29 is 4.74 Å². The molecule has 20 heavy (non-hydrogen) atoms. The third-order valence-corrected chi connectivity index (χ3v) is 3.38. The molecule has 0 unspecified atom stereocenters. The molecule has 1 saturated heterocycles. The third-order valence-electron chi connectivity index (χ3n) is 3.38. The number of hydrogen-bond donors (Lipinski definition) is 0. The normalized spacial score (nSPS) is 19.0. The zero-order valence-electron chi connectivity index (χ0n) is 11.2. The molecule has 0 radical (unpaired) electrons. The summed E-state index contributed by atoms with van der Waals surface area (Å²) in [6, 6.07) is 1.95. The number of hydrogen-bond acceptors (Lipinski definition) is 6. The summed E-state index contributed by atoms with van der Waals surface area (Å²) >= 11 is 0. The lowest BCUT2D eigenvalue weighted by atomic mass is 10.1. The predicted octanol–water partition coefficient (Wildman–Crippen LogP) is 1.10. The number of aryl methyl sites for hydroxylation is 1. The van der Waals surface area contributed by atoms with Crippen molar-refractivity contribution in [1.82, 2.24) is 19.9 Å². The van der Waals surface area contributed by atoms with Gasteiger partial charge in [-0.1, -0.05) is 0 Å². The van der Waals surface area contributed by atoms with Gasteiger partial charge in [-0.3, -0.25) is 4.98 Å². The van der Waals surface area contributed by atoms with Gasteiger partial charge in [0.25, 0.3) is 0 Å². The summed E-state index contributed by atoms with van der Waals surface area (Å²) < 4.78 is 5.82. The van der Waals surface area contributed by atoms with Crippen LogP contribution in [0.1, 0.15) is 12.1 Å². The fourth-order valence-electron chi connectivity index (χ4n) is 2.33. The van der Waals surface area contributed by atoms with Gasteiger partial charge < -0.3 is 9.64 Å². The molecule has 104 valence electrons. The molecule has 2 aromatic rings. The van der Waals surface area contributed by atoms with Gasteiger partial charge in [-0.2, -0.15) is 0 Å². The Hall–Kier alpha value is -2.08. The van der Waals surface area contributed by atoms with Crippen LogP contribution in [0.25, 0.3) is 0 Å². The minimum absolute atomic E-state index is 0.209. The number of aromatic nitrogens is 4. The molecular weight excluding hydrogens is 254 g/mol. The van der Waals surface area contributed by atoms with Crippen LogP contribution < -0.4 is 4.90 Å². The summed E-state index contributed by atoms with van der Waals surface area (Å²) in [7, 11) is 0. The largest absolute Gasteiger partial charge is 0.375 e. The van der Waals surface area contributed by atoms with Gasteiger partial charge >= 0.3 is 0 Å². The van der Waals surface area contributed by atoms with Crippen LogP contribution in [0.3, 0.4) is 0 Å². The number of rotatable bonds is 4. The van der Waals surface area contributed by atoms with Crippen LogP contribution in [0.5, 0.6) is 0 Å². The Kier molecular flexibility index (Phi) is 4.13. The van der Waals surface area contributed by atoms with Crippen LogP contribution in [-0.4, -0.2) is 45.7 Å². The monoisotopic (exact) mass is 271 g/mol. The summed E-state index contributed by atoms with van der Waals surface area (Å²) in [5.74, 6) is 0.919. The Bertz CT molecular complexity index is 522. The average molecular weight is 271 g/mol. The first-order valence-corrected chi connectivity index (χ1v) is 6.79. The summed E-state index contributed by atoms with van der Waals surface area (Å²) in [4.78, 5) is 18.8. The zero-order valence-corrected chi connectivity index (χ0v) is 11.2. The first-order chi connectivity index (χ1) is 9.92. The molecule has 6 nitrogen and oxygen atoms in total. The van der Waals surface area contributed by atoms with Crippen molar-refractivity contribution in [3.8, 4) is 0 Å². The molecule has 3 heterocycles. The van der Waals surface area contributed by atoms with Gasteiger partial charge in [-0.15, -0.1) is 0 Å². The highest BCUT2D eigenvalue weighted by Gasteiger charge is 2.21. The van der Waals surface area contributed by atoms with E-state index in [1.807, 2.05) is 6.07 Å². The van der Waals surface area contributed by atoms with Crippen molar-refractivity contribution in [2.45, 2.75) is 18.9 Å². The molecule has 0 bridgehead atoms. The number of nitrogens with zero attached hydrogens (tertiary/aromatic N) is 5. The lowest BCUT2D eigenvalue weighted by Gasteiger charge is -2.33. The molecule has 0 N–H and O–H groups in total. The van der Waals surface area contributed by atoms with Crippen LogP contribution in [0.4, 0.5) is 5.82 Å². The van der Waals surface area contributed by atoms with Gasteiger partial charge in [0.1, 0.15) is 12.1 Å². The first kappa shape index (κ1) is 12.9. The van der Waals surface area contributed by atoms with Crippen LogP contribution in [0.2, 0.25) is 0 Å². The Balaban J connectivity index is 1.56. The smallest absolute Gasteiger partial charge is 0.147 e. The highest BCUT2D eigenvalue weighted by Crippen LogP contribution is 2.16. The van der Waals surface area contributed by atoms with Gasteiger partial charge in [0.15, 0.2) is 0 Å². The van der Waals surface area contributed by atoms with Gasteiger partial charge in [0, 0.05) is 37.4 Å². The molecule has 1 aliphatic rings. The molecule has 1 aliphatic heterocycles. The SMILES string of the molecule is c1cc(CC[C@@H]2CN(c3cnccn3)CCO2)ncn1. The van der Waals surface area contributed by atoms with E-state index < -0.39 is 0 Å². The summed E-state index contributed by atoms with van der Waals surface area (Å²) in [6.45, 7) is 2.44. The fourth-order valence-corrected chi connectivity index (χ4v) is 2.33. The molecule has 0 saturated carbocycles. The Morgan fingerprint density at radius 2 is 2.20 bits per heavy atom. The van der Waals surface area contributed by atoms with E-state index in [1.54, 1.807) is 31.1 Å². The average Bonchev–Trinajstić information content (AvgIpc) is 2.55. The molecule has 0 aromatic carbocycles. The Labute approximate surface area is 117 Å². The second kappa shape index (κ2) is 6.38. The second-order valence-electron chi connectivity index (χ2n) is 4.74. The van der Waals surface area contributed by atoms with Crippen molar-refractivity contribution in [3.63, 3.8) is 0 Å². The van der Waals surface area contributed by atoms with E-state index in [4.69, 9.17) is 4.74 Å². The van der Waals surface area contributed by atoms with Gasteiger partial charge in [0.2, 0.25) is 0 Å². The molecule has 3 rings (SSSR count). The molecule has 2 aromatic heterocycles. The summed E-state index contributed by atoms with van der Waals surface area (Å²) in [5.41, 5.74) is 1.06. The highest BCUT2D eigenvalue weighted by molar-refractivity contribution is 5.35. The van der Waals surface area contributed by atoms with Crippen molar-refractivity contribution in [1.29, 1.82) is 0 Å². The Morgan fingerprint density at radius 1 is 1.20 bits per heavy atom. The maximum absolute atomic E-state index is 5.82. The van der Waals surface area contributed by atoms with Crippen LogP contribution in [0.15, 0.2) is 37.2 Å². The van der Waals surface area contributed by atoms with Gasteiger partial charge in [-0.25, -0.2) is 15.0 Å². The Morgan fingerprint density at radius 3 is 3.00 bits per heavy atom. The van der Waals surface area contributed by atoms with E-state index in [-0.39, 0.29) is 6.10 Å². The topological polar surface area (TPSA) is 64.0 Å². The molecule has 1 fully saturated rings. The number of ether oxygens (including phenoxy) is 1. The van der Waals surface area contributed by atoms with Crippen molar-refractivity contribution in [2.24, 2.45) is 0 Å². The van der Waals surface area contributed by atoms with E-state index in [0.29, 0.717) is 0 Å². The molecule has 0 amide bonds. The van der Waals surface area contributed by atoms with Gasteiger partial charge in [-0.05, 0) is 18.9 Å². The lowest BCUT2D eigenvalue weighted by Crippen LogP contribution is -2.43. The third kappa shape index (κ3) is 3.27. The first-order valence-electron chi connectivity index (χ1n) is 6.79. The molecule has 0 aliphatic carbocycles. The maximum atomic E-state index is 5.82. The lowest BCUT2D eigenvalue weighted by molar-refractivity contribution is 0.0350. The number of anilines is 1. The summed E-state index contributed by atoms with van der Waals surface area (Å²) in [5, 5.41) is 0. The van der Waals surface area contributed by atoms with Crippen molar-refractivity contribution >= 4 is 5.82 Å². The quantitative estimate of drug-likeness (QED) is 0.830. The highest BCUT2D eigenvalue weighted by atomic mass is 16.5. The van der Waals surface area contributed by atoms with Crippen LogP contribution >= 0.6 is 0 Å². The second-order valence-corrected chi connectivity index (χ2v) is 4.74. The van der Waals surface area contributed by atoms with Crippen molar-refractivity contribution in [2.75, 3.05) is 24.6 Å². The van der Waals surface area contributed by atoms with Crippen molar-refractivity contribution in [3.05, 3.63) is 42.9 Å². The fraction of sp³-hybridized carbons (Fsp3) is 0.429. The van der Waals surface area contributed by atoms with E-state index in [2.05, 4.69) is 24.8 Å². The molecule has 1 atom stereocenters. The zero-order chi connectivity index (χ0) is 13.6. The minimum Gasteiger partial charge on any atom is -0.375 e. The van der Waals surface area contributed by atoms with E-state index in [0.717, 1.165) is 44.0 Å². The van der Waals surface area contributed by atoms with E-state index in [9.17, 15) is 0 Å². The minimum atomic E-state index is 0.209. The van der Waals surface area contributed by atoms with Gasteiger partial charge in [0.05, 0.1) is 18.9 Å². The van der Waals surface area contributed by atoms with E-state index >= 15 is 0 Å². The standard InChI is InChI=1S/C14H17N5O/c1(12-3-4-16-11-18-12)2-13-10-19(7-8-20-13)14-9-15-5-6-17-14/h3-6,9,11,13H,1-2,7-8,10H2/t13-/m1/s1. The predicted molar refractivity (Wildman–Crippen MR) is 74.3 cm³/mol. The van der Waals surface area contributed by atoms with E-state index in [1.165, 1.54) is 0 Å². The van der Waals surface area contributed by atoms with Crippen LogP contribution in [-0.2, 0) is 11.2 Å². The molecule has 6 heteroatoms. The van der Waals surface area contributed by atoms with Crippen LogP contribution in [0, 0.1) is 0 Å². The summed E-state index contributed by atoms with van der Waals surface area (Å²) in [6.07, 6.45) is 10.6. The number of morpholine rings is 1. The molecule has 0 spiro atoms. The molecular formula is C14H17N5O.